The quantitative estimate of drug-likeness (QED) is 0.0967. The average Bonchev–Trinajstić information content (AvgIpc) is 4.02. The number of nitrogens with one attached hydrogen (secondary N) is 2. The van der Waals surface area contributed by atoms with Crippen LogP contribution < -0.4 is 58.8 Å². The summed E-state index contributed by atoms with van der Waals surface area (Å²) in [7, 11) is 13.2. The van der Waals surface area contributed by atoms with Gasteiger partial charge in [-0.3, -0.25) is 20.9 Å². The molecule has 2 aliphatic rings. The van der Waals surface area contributed by atoms with Gasteiger partial charge in [-0.05, 0) is 109 Å². The van der Waals surface area contributed by atoms with Crippen LogP contribution in [-0.2, 0) is 0 Å². The van der Waals surface area contributed by atoms with E-state index in [-0.39, 0.29) is 12.1 Å². The van der Waals surface area contributed by atoms with Gasteiger partial charge in [0.25, 0.3) is 0 Å². The maximum Gasteiger partial charge on any atom is 0.167 e. The van der Waals surface area contributed by atoms with Gasteiger partial charge in [0.05, 0.1) is 91.7 Å². The Morgan fingerprint density at radius 3 is 1.39 bits per heavy atom. The van der Waals surface area contributed by atoms with E-state index in [0.717, 1.165) is 68.0 Å². The molecule has 0 aromatic heterocycles. The summed E-state index contributed by atoms with van der Waals surface area (Å²) < 4.78 is 44.3. The molecule has 2 unspecified atom stereocenters. The Morgan fingerprint density at radius 1 is 0.379 bits per heavy atom. The lowest BCUT2D eigenvalue weighted by Crippen LogP contribution is -2.34. The Labute approximate surface area is 387 Å². The number of rotatable bonds is 16. The molecule has 340 valence electrons. The number of hydrogen-bond acceptors (Lipinski definition) is 12. The molecule has 6 aromatic rings. The van der Waals surface area contributed by atoms with Crippen molar-refractivity contribution >= 4 is 23.5 Å². The van der Waals surface area contributed by atoms with Crippen LogP contribution >= 0.6 is 0 Å². The van der Waals surface area contributed by atoms with Crippen LogP contribution in [0.2, 0.25) is 0 Å². The topological polar surface area (TPSA) is 104 Å². The number of ether oxygens (including phenoxy) is 8. The van der Waals surface area contributed by atoms with Crippen molar-refractivity contribution in [1.29, 1.82) is 0 Å². The van der Waals surface area contributed by atoms with Crippen LogP contribution in [0, 0.1) is 0 Å². The molecule has 0 saturated heterocycles. The number of hydrazine groups is 2. The molecule has 2 heterocycles. The van der Waals surface area contributed by atoms with Crippen molar-refractivity contribution < 1.29 is 37.9 Å². The summed E-state index contributed by atoms with van der Waals surface area (Å²) >= 11 is 0. The first-order valence-electron chi connectivity index (χ1n) is 21.2. The lowest BCUT2D eigenvalue weighted by atomic mass is 10.0. The molecule has 12 nitrogen and oxygen atoms in total. The monoisotopic (exact) mass is 888 g/mol. The zero-order valence-electron chi connectivity index (χ0n) is 38.5. The smallest absolute Gasteiger partial charge is 0.167 e. The maximum absolute atomic E-state index is 5.73. The molecule has 2 N–H and O–H groups in total. The molecule has 12 heteroatoms. The molecular weight excluding hydrogens is 833 g/mol. The number of benzene rings is 6. The number of anilines is 2. The minimum absolute atomic E-state index is 0.107. The van der Waals surface area contributed by atoms with E-state index in [0.29, 0.717) is 23.0 Å². The summed E-state index contributed by atoms with van der Waals surface area (Å²) in [6, 6.07) is 43.5. The van der Waals surface area contributed by atoms with E-state index >= 15 is 0 Å². The summed E-state index contributed by atoms with van der Waals surface area (Å²) in [5.41, 5.74) is 14.8. The molecular formula is C54H56N4O8. The highest BCUT2D eigenvalue weighted by atomic mass is 16.5. The van der Waals surface area contributed by atoms with Crippen LogP contribution in [-0.4, -0.2) is 56.9 Å². The van der Waals surface area contributed by atoms with Crippen LogP contribution in [0.1, 0.15) is 34.3 Å². The minimum atomic E-state index is -0.107. The first-order valence-corrected chi connectivity index (χ1v) is 21.2. The number of allylic oxidation sites excluding steroid dienone is 2. The van der Waals surface area contributed by atoms with Gasteiger partial charge in [0.2, 0.25) is 0 Å². The predicted molar refractivity (Wildman–Crippen MR) is 262 cm³/mol. The molecule has 0 radical (unpaired) electrons. The molecule has 0 aliphatic carbocycles. The summed E-state index contributed by atoms with van der Waals surface area (Å²) in [4.78, 5) is 0. The Bertz CT molecular complexity index is 2610. The molecule has 2 aliphatic heterocycles. The molecule has 0 fully saturated rings. The molecule has 0 amide bonds. The molecule has 0 spiro atoms. The maximum atomic E-state index is 5.73. The molecule has 2 atom stereocenters. The highest BCUT2D eigenvalue weighted by Crippen LogP contribution is 2.42. The van der Waals surface area contributed by atoms with Crippen LogP contribution in [0.4, 0.5) is 11.4 Å². The van der Waals surface area contributed by atoms with Gasteiger partial charge in [-0.25, -0.2) is 0 Å². The number of methoxy groups -OCH3 is 8. The average molecular weight is 889 g/mol. The second-order valence-electron chi connectivity index (χ2n) is 14.8. The van der Waals surface area contributed by atoms with Crippen molar-refractivity contribution in [2.75, 3.05) is 66.9 Å². The van der Waals surface area contributed by atoms with Crippen molar-refractivity contribution in [2.45, 2.75) is 12.1 Å². The Kier molecular flexibility index (Phi) is 15.3. The fraction of sp³-hybridized carbons (Fsp3) is 0.185. The van der Waals surface area contributed by atoms with E-state index in [1.807, 2.05) is 127 Å². The van der Waals surface area contributed by atoms with E-state index in [1.165, 1.54) is 0 Å². The van der Waals surface area contributed by atoms with E-state index < -0.39 is 0 Å². The normalized spacial score (nSPS) is 15.2. The van der Waals surface area contributed by atoms with Crippen LogP contribution in [0.15, 0.2) is 169 Å². The first kappa shape index (κ1) is 45.9. The Balaban J connectivity index is 0.000000196. The van der Waals surface area contributed by atoms with Gasteiger partial charge in [-0.1, -0.05) is 60.7 Å². The highest BCUT2D eigenvalue weighted by molar-refractivity contribution is 5.67. The van der Waals surface area contributed by atoms with E-state index in [1.54, 1.807) is 56.9 Å². The molecule has 0 saturated carbocycles. The zero-order valence-corrected chi connectivity index (χ0v) is 38.5. The minimum Gasteiger partial charge on any atom is -0.497 e. The van der Waals surface area contributed by atoms with Crippen molar-refractivity contribution in [1.82, 2.24) is 10.9 Å². The lowest BCUT2D eigenvalue weighted by Gasteiger charge is -2.28. The summed E-state index contributed by atoms with van der Waals surface area (Å²) in [6.07, 6.45) is 12.4. The second kappa shape index (κ2) is 22.0. The van der Waals surface area contributed by atoms with Crippen LogP contribution in [0.25, 0.3) is 12.2 Å². The van der Waals surface area contributed by atoms with Crippen molar-refractivity contribution in [3.63, 3.8) is 0 Å². The highest BCUT2D eigenvalue weighted by Gasteiger charge is 2.30. The molecule has 0 bridgehead atoms. The predicted octanol–water partition coefficient (Wildman–Crippen LogP) is 10.8. The molecule has 66 heavy (non-hydrogen) atoms. The van der Waals surface area contributed by atoms with E-state index in [9.17, 15) is 0 Å². The Hall–Kier alpha value is -8.12. The third kappa shape index (κ3) is 10.3. The molecule has 6 aromatic carbocycles. The van der Waals surface area contributed by atoms with Crippen molar-refractivity contribution in [3.05, 3.63) is 191 Å². The zero-order chi connectivity index (χ0) is 46.4. The Morgan fingerprint density at radius 2 is 0.864 bits per heavy atom. The van der Waals surface area contributed by atoms with Crippen molar-refractivity contribution in [3.8, 4) is 46.0 Å². The molecule has 8 rings (SSSR count). The first-order chi connectivity index (χ1) is 32.4. The van der Waals surface area contributed by atoms with E-state index in [4.69, 9.17) is 37.9 Å². The standard InChI is InChI=1S/2C27H28N2O4/c1-30-24-14-8-10-19(26(24)32-3)16-17-20-18-23(29(28-20)21-11-6-5-7-12-21)22-13-9-15-25(31-2)27(22)33-4;1-30-22-12-14-26(32-3)19(16-22)10-11-20-17-25(29(28-20)21-8-6-5-7-9-21)24-18-23(31-2)13-15-27(24)33-4/h5-18,23,28H,1-4H3;5-18,25,28H,1-4H3. The fourth-order valence-corrected chi connectivity index (χ4v) is 7.84. The van der Waals surface area contributed by atoms with Gasteiger partial charge in [-0.2, -0.15) is 0 Å². The summed E-state index contributed by atoms with van der Waals surface area (Å²) in [5.74, 6) is 5.91. The number of hydrogen-bond donors (Lipinski definition) is 2. The SMILES string of the molecule is COc1ccc(OC)c(C=CC2=CC(c3cc(OC)ccc3OC)N(c3ccccc3)N2)c1.COc1cccc(C=CC2=CC(c3cccc(OC)c3OC)N(c3ccccc3)N2)c1OC. The van der Waals surface area contributed by atoms with Gasteiger partial charge in [0.15, 0.2) is 23.0 Å². The number of nitrogens with zero attached hydrogens (tertiary/aromatic N) is 2. The van der Waals surface area contributed by atoms with Gasteiger partial charge < -0.3 is 37.9 Å². The van der Waals surface area contributed by atoms with Crippen LogP contribution in [0.3, 0.4) is 0 Å². The third-order valence-corrected chi connectivity index (χ3v) is 11.1. The van der Waals surface area contributed by atoms with Crippen molar-refractivity contribution in [2.24, 2.45) is 0 Å². The fourth-order valence-electron chi connectivity index (χ4n) is 7.84. The van der Waals surface area contributed by atoms with Gasteiger partial charge in [0, 0.05) is 22.3 Å². The van der Waals surface area contributed by atoms with E-state index in [2.05, 4.69) is 63.4 Å². The largest absolute Gasteiger partial charge is 0.497 e. The van der Waals surface area contributed by atoms with Crippen LogP contribution in [0.5, 0.6) is 46.0 Å². The second-order valence-corrected chi connectivity index (χ2v) is 14.8. The number of para-hydroxylation sites is 4. The summed E-state index contributed by atoms with van der Waals surface area (Å²) in [5, 5.41) is 4.22. The van der Waals surface area contributed by atoms with Gasteiger partial charge in [0.1, 0.15) is 23.0 Å². The third-order valence-electron chi connectivity index (χ3n) is 11.1. The van der Waals surface area contributed by atoms with Gasteiger partial charge >= 0.3 is 0 Å². The van der Waals surface area contributed by atoms with Gasteiger partial charge in [-0.15, -0.1) is 0 Å². The summed E-state index contributed by atoms with van der Waals surface area (Å²) in [6.45, 7) is 0. The lowest BCUT2D eigenvalue weighted by molar-refractivity contribution is 0.350.